The Morgan fingerprint density at radius 3 is 2.76 bits per heavy atom. The van der Waals surface area contributed by atoms with Gasteiger partial charge in [0.05, 0.1) is 12.1 Å². The SMILES string of the molecule is NNC(=O)c1coc(Cn2ccc(=O)cc2)c1. The number of carbonyl (C=O) groups excluding carboxylic acids is 1. The van der Waals surface area contributed by atoms with E-state index < -0.39 is 5.91 Å². The van der Waals surface area contributed by atoms with E-state index in [1.165, 1.54) is 18.4 Å². The summed E-state index contributed by atoms with van der Waals surface area (Å²) >= 11 is 0. The van der Waals surface area contributed by atoms with Crippen LogP contribution in [-0.4, -0.2) is 10.5 Å². The first-order valence-corrected chi connectivity index (χ1v) is 4.93. The molecule has 0 radical (unpaired) electrons. The molecule has 3 N–H and O–H groups in total. The highest BCUT2D eigenvalue weighted by molar-refractivity contribution is 5.93. The van der Waals surface area contributed by atoms with Crippen molar-refractivity contribution >= 4 is 5.91 Å². The van der Waals surface area contributed by atoms with Crippen LogP contribution in [0.25, 0.3) is 0 Å². The summed E-state index contributed by atoms with van der Waals surface area (Å²) in [7, 11) is 0. The minimum absolute atomic E-state index is 0.0520. The first-order chi connectivity index (χ1) is 8.19. The molecule has 2 aromatic rings. The molecule has 0 aromatic carbocycles. The smallest absolute Gasteiger partial charge is 0.268 e. The third-order valence-corrected chi connectivity index (χ3v) is 2.25. The molecule has 0 fully saturated rings. The maximum absolute atomic E-state index is 11.2. The third kappa shape index (κ3) is 2.61. The van der Waals surface area contributed by atoms with Gasteiger partial charge in [-0.25, -0.2) is 5.84 Å². The fraction of sp³-hybridized carbons (Fsp3) is 0.0909. The summed E-state index contributed by atoms with van der Waals surface area (Å²) in [6.07, 6.45) is 4.63. The van der Waals surface area contributed by atoms with Gasteiger partial charge in [-0.3, -0.25) is 15.0 Å². The second-order valence-corrected chi connectivity index (χ2v) is 3.48. The van der Waals surface area contributed by atoms with Crippen molar-refractivity contribution in [2.24, 2.45) is 5.84 Å². The van der Waals surface area contributed by atoms with Crippen molar-refractivity contribution in [2.75, 3.05) is 0 Å². The standard InChI is InChI=1S/C11H11N3O3/c12-13-11(16)8-5-10(17-7-8)6-14-3-1-9(15)2-4-14/h1-5,7H,6,12H2,(H,13,16). The van der Waals surface area contributed by atoms with Crippen molar-refractivity contribution in [2.45, 2.75) is 6.54 Å². The van der Waals surface area contributed by atoms with Crippen molar-refractivity contribution in [3.05, 3.63) is 58.4 Å². The normalized spacial score (nSPS) is 10.2. The van der Waals surface area contributed by atoms with Crippen LogP contribution in [0.5, 0.6) is 0 Å². The van der Waals surface area contributed by atoms with Gasteiger partial charge in [-0.15, -0.1) is 0 Å². The van der Waals surface area contributed by atoms with E-state index in [9.17, 15) is 9.59 Å². The highest BCUT2D eigenvalue weighted by Gasteiger charge is 2.08. The molecule has 2 rings (SSSR count). The number of nitrogens with two attached hydrogens (primary N) is 1. The molecule has 88 valence electrons. The van der Waals surface area contributed by atoms with Crippen molar-refractivity contribution < 1.29 is 9.21 Å². The van der Waals surface area contributed by atoms with Crippen LogP contribution in [0.1, 0.15) is 16.1 Å². The first-order valence-electron chi connectivity index (χ1n) is 4.93. The van der Waals surface area contributed by atoms with Gasteiger partial charge in [0.25, 0.3) is 5.91 Å². The number of nitrogen functional groups attached to an aromatic ring is 1. The summed E-state index contributed by atoms with van der Waals surface area (Å²) in [6, 6.07) is 4.51. The van der Waals surface area contributed by atoms with E-state index in [4.69, 9.17) is 10.3 Å². The molecule has 2 aromatic heterocycles. The third-order valence-electron chi connectivity index (χ3n) is 2.25. The van der Waals surface area contributed by atoms with E-state index in [2.05, 4.69) is 0 Å². The number of hydrogen-bond acceptors (Lipinski definition) is 4. The van der Waals surface area contributed by atoms with E-state index in [-0.39, 0.29) is 5.43 Å². The molecule has 0 saturated heterocycles. The topological polar surface area (TPSA) is 90.3 Å². The fourth-order valence-corrected chi connectivity index (χ4v) is 1.39. The molecule has 17 heavy (non-hydrogen) atoms. The number of carbonyl (C=O) groups is 1. The lowest BCUT2D eigenvalue weighted by molar-refractivity contribution is 0.0953. The molecule has 1 amide bonds. The summed E-state index contributed by atoms with van der Waals surface area (Å²) in [5, 5.41) is 0. The molecule has 0 atom stereocenters. The second kappa shape index (κ2) is 4.67. The van der Waals surface area contributed by atoms with Gasteiger partial charge in [-0.1, -0.05) is 0 Å². The molecule has 0 aliphatic carbocycles. The Hall–Kier alpha value is -2.34. The maximum atomic E-state index is 11.2. The molecule has 0 bridgehead atoms. The van der Waals surface area contributed by atoms with E-state index >= 15 is 0 Å². The van der Waals surface area contributed by atoms with E-state index in [0.29, 0.717) is 17.9 Å². The summed E-state index contributed by atoms with van der Waals surface area (Å²) in [4.78, 5) is 22.1. The Kier molecular flexibility index (Phi) is 3.06. The van der Waals surface area contributed by atoms with Crippen LogP contribution < -0.4 is 16.7 Å². The predicted octanol–water partition coefficient (Wildman–Crippen LogP) is 0.0931. The fourth-order valence-electron chi connectivity index (χ4n) is 1.39. The molecule has 6 heteroatoms. The zero-order valence-corrected chi connectivity index (χ0v) is 8.92. The molecule has 0 saturated carbocycles. The second-order valence-electron chi connectivity index (χ2n) is 3.48. The largest absolute Gasteiger partial charge is 0.467 e. The van der Waals surface area contributed by atoms with Gasteiger partial charge in [0.1, 0.15) is 12.0 Å². The first kappa shape index (κ1) is 11.2. The molecule has 6 nitrogen and oxygen atoms in total. The van der Waals surface area contributed by atoms with Crippen LogP contribution in [0, 0.1) is 0 Å². The van der Waals surface area contributed by atoms with Gasteiger partial charge in [-0.2, -0.15) is 0 Å². The minimum atomic E-state index is -0.403. The van der Waals surface area contributed by atoms with Gasteiger partial charge < -0.3 is 8.98 Å². The van der Waals surface area contributed by atoms with Gasteiger partial charge in [0, 0.05) is 24.5 Å². The zero-order chi connectivity index (χ0) is 12.3. The highest BCUT2D eigenvalue weighted by Crippen LogP contribution is 2.08. The van der Waals surface area contributed by atoms with Crippen molar-refractivity contribution in [3.8, 4) is 0 Å². The van der Waals surface area contributed by atoms with E-state index in [0.717, 1.165) is 0 Å². The summed E-state index contributed by atoms with van der Waals surface area (Å²) in [6.45, 7) is 0.443. The van der Waals surface area contributed by atoms with Crippen LogP contribution >= 0.6 is 0 Å². The quantitative estimate of drug-likeness (QED) is 0.446. The van der Waals surface area contributed by atoms with E-state index in [1.807, 2.05) is 5.43 Å². The van der Waals surface area contributed by atoms with Crippen LogP contribution in [-0.2, 0) is 6.54 Å². The molecule has 0 aliphatic heterocycles. The number of aromatic nitrogens is 1. The molecule has 0 unspecified atom stereocenters. The highest BCUT2D eigenvalue weighted by atomic mass is 16.3. The molecular weight excluding hydrogens is 222 g/mol. The molecular formula is C11H11N3O3. The predicted molar refractivity (Wildman–Crippen MR) is 60.2 cm³/mol. The number of rotatable bonds is 3. The number of nitrogens with one attached hydrogen (secondary N) is 1. The van der Waals surface area contributed by atoms with Gasteiger partial charge in [0.2, 0.25) is 0 Å². The lowest BCUT2D eigenvalue weighted by Gasteiger charge is -2.01. The van der Waals surface area contributed by atoms with Crippen molar-refractivity contribution in [1.82, 2.24) is 9.99 Å². The Balaban J connectivity index is 2.14. The van der Waals surface area contributed by atoms with Crippen molar-refractivity contribution in [3.63, 3.8) is 0 Å². The zero-order valence-electron chi connectivity index (χ0n) is 8.92. The average molecular weight is 233 g/mol. The van der Waals surface area contributed by atoms with E-state index in [1.54, 1.807) is 23.0 Å². The lowest BCUT2D eigenvalue weighted by Crippen LogP contribution is -2.29. The molecule has 2 heterocycles. The number of nitrogens with zero attached hydrogens (tertiary/aromatic N) is 1. The molecule has 0 spiro atoms. The number of furan rings is 1. The lowest BCUT2D eigenvalue weighted by atomic mass is 10.3. The van der Waals surface area contributed by atoms with Gasteiger partial charge in [-0.05, 0) is 6.07 Å². The van der Waals surface area contributed by atoms with Crippen molar-refractivity contribution in [1.29, 1.82) is 0 Å². The monoisotopic (exact) mass is 233 g/mol. The number of hydrogen-bond donors (Lipinski definition) is 2. The Morgan fingerprint density at radius 1 is 1.41 bits per heavy atom. The summed E-state index contributed by atoms with van der Waals surface area (Å²) in [5.74, 6) is 5.20. The minimum Gasteiger partial charge on any atom is -0.467 e. The van der Waals surface area contributed by atoms with Crippen LogP contribution in [0.3, 0.4) is 0 Å². The average Bonchev–Trinajstić information content (AvgIpc) is 2.80. The number of hydrazine groups is 1. The Labute approximate surface area is 96.6 Å². The Bertz CT molecular complexity index is 565. The Morgan fingerprint density at radius 2 is 2.12 bits per heavy atom. The van der Waals surface area contributed by atoms with Crippen LogP contribution in [0.4, 0.5) is 0 Å². The van der Waals surface area contributed by atoms with Gasteiger partial charge >= 0.3 is 0 Å². The summed E-state index contributed by atoms with van der Waals surface area (Å²) < 4.78 is 6.97. The summed E-state index contributed by atoms with van der Waals surface area (Å²) in [5.41, 5.74) is 2.33. The van der Waals surface area contributed by atoms with Crippen LogP contribution in [0.15, 0.2) is 46.1 Å². The van der Waals surface area contributed by atoms with Gasteiger partial charge in [0.15, 0.2) is 5.43 Å². The number of pyridine rings is 1. The number of amides is 1. The molecule has 0 aliphatic rings. The van der Waals surface area contributed by atoms with Crippen LogP contribution in [0.2, 0.25) is 0 Å². The maximum Gasteiger partial charge on any atom is 0.268 e.